The summed E-state index contributed by atoms with van der Waals surface area (Å²) in [7, 11) is 1.54. The SMILES string of the molecule is CCCCCCCCCC(=O)CCc1cc(OC)c(O)cc1I. The number of Topliss-reactive ketones (excluding diaryl/α,β-unsaturated/α-hetero) is 1. The van der Waals surface area contributed by atoms with Crippen LogP contribution < -0.4 is 4.74 Å². The number of ketones is 1. The van der Waals surface area contributed by atoms with Gasteiger partial charge >= 0.3 is 0 Å². The van der Waals surface area contributed by atoms with E-state index in [0.29, 0.717) is 30.8 Å². The van der Waals surface area contributed by atoms with Crippen LogP contribution in [0.15, 0.2) is 12.1 Å². The lowest BCUT2D eigenvalue weighted by Gasteiger charge is -2.09. The Kier molecular flexibility index (Phi) is 10.3. The van der Waals surface area contributed by atoms with E-state index in [1.807, 2.05) is 6.07 Å². The third-order valence-electron chi connectivity index (χ3n) is 4.08. The van der Waals surface area contributed by atoms with E-state index in [2.05, 4.69) is 29.5 Å². The van der Waals surface area contributed by atoms with Crippen LogP contribution in [0, 0.1) is 3.57 Å². The largest absolute Gasteiger partial charge is 0.504 e. The molecular formula is C19H29IO3. The molecule has 0 saturated heterocycles. The Morgan fingerprint density at radius 1 is 1.09 bits per heavy atom. The van der Waals surface area contributed by atoms with Gasteiger partial charge in [-0.3, -0.25) is 4.79 Å². The molecule has 0 atom stereocenters. The molecule has 3 nitrogen and oxygen atoms in total. The molecule has 0 aliphatic rings. The van der Waals surface area contributed by atoms with E-state index in [1.54, 1.807) is 6.07 Å². The second-order valence-corrected chi connectivity index (χ2v) is 7.19. The molecule has 130 valence electrons. The molecule has 4 heteroatoms. The number of halogens is 1. The third kappa shape index (κ3) is 8.04. The summed E-state index contributed by atoms with van der Waals surface area (Å²) in [5.41, 5.74) is 1.06. The Labute approximate surface area is 154 Å². The van der Waals surface area contributed by atoms with Crippen molar-refractivity contribution in [2.24, 2.45) is 0 Å². The predicted octanol–water partition coefficient (Wildman–Crippen LogP) is 5.65. The van der Waals surface area contributed by atoms with Crippen molar-refractivity contribution in [3.05, 3.63) is 21.3 Å². The average molecular weight is 432 g/mol. The first kappa shape index (κ1) is 20.3. The molecule has 0 spiro atoms. The minimum atomic E-state index is 0.148. The number of phenolic OH excluding ortho intramolecular Hbond substituents is 1. The number of aryl methyl sites for hydroxylation is 1. The molecule has 0 amide bonds. The molecule has 0 saturated carbocycles. The summed E-state index contributed by atoms with van der Waals surface area (Å²) in [5, 5.41) is 9.72. The minimum absolute atomic E-state index is 0.148. The lowest BCUT2D eigenvalue weighted by molar-refractivity contribution is -0.119. The number of methoxy groups -OCH3 is 1. The van der Waals surface area contributed by atoms with Gasteiger partial charge in [-0.05, 0) is 53.1 Å². The predicted molar refractivity (Wildman–Crippen MR) is 103 cm³/mol. The summed E-state index contributed by atoms with van der Waals surface area (Å²) in [6, 6.07) is 3.52. The van der Waals surface area contributed by atoms with Gasteiger partial charge in [-0.2, -0.15) is 0 Å². The highest BCUT2D eigenvalue weighted by molar-refractivity contribution is 14.1. The molecule has 0 radical (unpaired) electrons. The Morgan fingerprint density at radius 2 is 1.74 bits per heavy atom. The molecule has 1 N–H and O–H groups in total. The Balaban J connectivity index is 2.26. The zero-order valence-electron chi connectivity index (χ0n) is 14.4. The molecule has 1 aromatic rings. The van der Waals surface area contributed by atoms with E-state index in [0.717, 1.165) is 15.6 Å². The van der Waals surface area contributed by atoms with Crippen LogP contribution in [0.5, 0.6) is 11.5 Å². The van der Waals surface area contributed by atoms with E-state index in [4.69, 9.17) is 4.74 Å². The Morgan fingerprint density at radius 3 is 2.39 bits per heavy atom. The summed E-state index contributed by atoms with van der Waals surface area (Å²) < 4.78 is 6.11. The van der Waals surface area contributed by atoms with Crippen LogP contribution >= 0.6 is 22.6 Å². The van der Waals surface area contributed by atoms with Crippen molar-refractivity contribution in [3.8, 4) is 11.5 Å². The fourth-order valence-corrected chi connectivity index (χ4v) is 3.34. The van der Waals surface area contributed by atoms with E-state index < -0.39 is 0 Å². The summed E-state index contributed by atoms with van der Waals surface area (Å²) in [5.74, 6) is 0.955. The van der Waals surface area contributed by atoms with Gasteiger partial charge in [-0.15, -0.1) is 0 Å². The zero-order valence-corrected chi connectivity index (χ0v) is 16.5. The van der Waals surface area contributed by atoms with Crippen molar-refractivity contribution >= 4 is 28.4 Å². The smallest absolute Gasteiger partial charge is 0.160 e. The van der Waals surface area contributed by atoms with Gasteiger partial charge in [0, 0.05) is 16.4 Å². The van der Waals surface area contributed by atoms with E-state index in [1.165, 1.54) is 45.6 Å². The molecule has 1 rings (SSSR count). The maximum Gasteiger partial charge on any atom is 0.160 e. The van der Waals surface area contributed by atoms with Crippen LogP contribution in [0.4, 0.5) is 0 Å². The molecule has 0 aromatic heterocycles. The highest BCUT2D eigenvalue weighted by Gasteiger charge is 2.10. The van der Waals surface area contributed by atoms with Gasteiger partial charge in [0.15, 0.2) is 11.5 Å². The van der Waals surface area contributed by atoms with Gasteiger partial charge in [0.05, 0.1) is 7.11 Å². The van der Waals surface area contributed by atoms with Crippen LogP contribution in [-0.2, 0) is 11.2 Å². The molecular weight excluding hydrogens is 403 g/mol. The van der Waals surface area contributed by atoms with Crippen LogP contribution in [0.2, 0.25) is 0 Å². The number of benzene rings is 1. The van der Waals surface area contributed by atoms with Gasteiger partial charge in [0.1, 0.15) is 5.78 Å². The van der Waals surface area contributed by atoms with Gasteiger partial charge in [0.25, 0.3) is 0 Å². The van der Waals surface area contributed by atoms with Crippen LogP contribution in [0.1, 0.15) is 70.3 Å². The zero-order chi connectivity index (χ0) is 17.1. The van der Waals surface area contributed by atoms with Crippen molar-refractivity contribution in [1.29, 1.82) is 0 Å². The van der Waals surface area contributed by atoms with Gasteiger partial charge in [-0.1, -0.05) is 45.4 Å². The lowest BCUT2D eigenvalue weighted by atomic mass is 10.0. The normalized spacial score (nSPS) is 10.7. The van der Waals surface area contributed by atoms with Crippen molar-refractivity contribution in [2.75, 3.05) is 7.11 Å². The average Bonchev–Trinajstić information content (AvgIpc) is 2.53. The van der Waals surface area contributed by atoms with Gasteiger partial charge in [-0.25, -0.2) is 0 Å². The van der Waals surface area contributed by atoms with E-state index in [9.17, 15) is 9.90 Å². The van der Waals surface area contributed by atoms with Crippen molar-refractivity contribution in [1.82, 2.24) is 0 Å². The number of ether oxygens (including phenoxy) is 1. The van der Waals surface area contributed by atoms with Crippen LogP contribution in [0.3, 0.4) is 0 Å². The minimum Gasteiger partial charge on any atom is -0.504 e. The van der Waals surface area contributed by atoms with Gasteiger partial charge in [0.2, 0.25) is 0 Å². The fraction of sp³-hybridized carbons (Fsp3) is 0.632. The number of carbonyl (C=O) groups is 1. The van der Waals surface area contributed by atoms with Crippen molar-refractivity contribution in [3.63, 3.8) is 0 Å². The summed E-state index contributed by atoms with van der Waals surface area (Å²) in [4.78, 5) is 12.0. The fourth-order valence-electron chi connectivity index (χ4n) is 2.62. The first-order valence-electron chi connectivity index (χ1n) is 8.65. The maximum atomic E-state index is 12.0. The molecule has 0 heterocycles. The molecule has 0 fully saturated rings. The monoisotopic (exact) mass is 432 g/mol. The second kappa shape index (κ2) is 11.7. The number of unbranched alkanes of at least 4 members (excludes halogenated alkanes) is 6. The van der Waals surface area contributed by atoms with E-state index in [-0.39, 0.29) is 5.75 Å². The quantitative estimate of drug-likeness (QED) is 0.343. The topological polar surface area (TPSA) is 46.5 Å². The Bertz CT molecular complexity index is 486. The second-order valence-electron chi connectivity index (χ2n) is 6.03. The number of hydrogen-bond donors (Lipinski definition) is 1. The highest BCUT2D eigenvalue weighted by atomic mass is 127. The number of aromatic hydroxyl groups is 1. The molecule has 1 aromatic carbocycles. The maximum absolute atomic E-state index is 12.0. The number of hydrogen-bond acceptors (Lipinski definition) is 3. The molecule has 0 aliphatic carbocycles. The first-order chi connectivity index (χ1) is 11.1. The standard InChI is InChI=1S/C19H29IO3/c1-3-4-5-6-7-8-9-10-16(21)12-11-15-13-19(23-2)18(22)14-17(15)20/h13-14,22H,3-12H2,1-2H3. The first-order valence-corrected chi connectivity index (χ1v) is 9.73. The summed E-state index contributed by atoms with van der Waals surface area (Å²) >= 11 is 2.19. The number of carbonyl (C=O) groups excluding carboxylic acids is 1. The number of rotatable bonds is 12. The summed E-state index contributed by atoms with van der Waals surface area (Å²) in [6.45, 7) is 2.23. The highest BCUT2D eigenvalue weighted by Crippen LogP contribution is 2.30. The Hall–Kier alpha value is -0.780. The van der Waals surface area contributed by atoms with Crippen molar-refractivity contribution < 1.29 is 14.6 Å². The van der Waals surface area contributed by atoms with Crippen molar-refractivity contribution in [2.45, 2.75) is 71.1 Å². The lowest BCUT2D eigenvalue weighted by Crippen LogP contribution is -2.02. The summed E-state index contributed by atoms with van der Waals surface area (Å²) in [6.07, 6.45) is 10.6. The third-order valence-corrected chi connectivity index (χ3v) is 5.08. The molecule has 0 unspecified atom stereocenters. The van der Waals surface area contributed by atoms with Gasteiger partial charge < -0.3 is 9.84 Å². The molecule has 0 bridgehead atoms. The molecule has 23 heavy (non-hydrogen) atoms. The van der Waals surface area contributed by atoms with Crippen LogP contribution in [-0.4, -0.2) is 18.0 Å². The van der Waals surface area contributed by atoms with E-state index >= 15 is 0 Å². The number of phenols is 1. The van der Waals surface area contributed by atoms with Crippen LogP contribution in [0.25, 0.3) is 0 Å². The molecule has 0 aliphatic heterocycles.